The van der Waals surface area contributed by atoms with E-state index >= 15 is 0 Å². The zero-order chi connectivity index (χ0) is 19.6. The van der Waals surface area contributed by atoms with E-state index in [2.05, 4.69) is 10.3 Å². The molecule has 3 fully saturated rings. The summed E-state index contributed by atoms with van der Waals surface area (Å²) in [5, 5.41) is 3.65. The third-order valence-electron chi connectivity index (χ3n) is 6.98. The van der Waals surface area contributed by atoms with E-state index in [1.165, 1.54) is 6.92 Å². The van der Waals surface area contributed by atoms with Gasteiger partial charge in [-0.15, -0.1) is 0 Å². The maximum Gasteiger partial charge on any atom is 0.224 e. The predicted octanol–water partition coefficient (Wildman–Crippen LogP) is 3.49. The fraction of sp³-hybridized carbons (Fsp3) is 0.571. The van der Waals surface area contributed by atoms with Gasteiger partial charge < -0.3 is 14.6 Å². The van der Waals surface area contributed by atoms with Gasteiger partial charge in [-0.25, -0.2) is 4.98 Å². The lowest BCUT2D eigenvalue weighted by Gasteiger charge is -2.59. The molecule has 2 saturated carbocycles. The normalized spacial score (nSPS) is 34.5. The fourth-order valence-electron chi connectivity index (χ4n) is 5.81. The van der Waals surface area contributed by atoms with Gasteiger partial charge in [0.15, 0.2) is 11.5 Å². The van der Waals surface area contributed by atoms with Crippen LogP contribution in [0.5, 0.6) is 0 Å². The Labute approximate surface area is 168 Å². The minimum atomic E-state index is -0.0630. The number of hydrogen-bond acceptors (Lipinski definition) is 4. The molecule has 7 heteroatoms. The highest BCUT2D eigenvalue weighted by atomic mass is 35.5. The Balaban J connectivity index is 1.23. The lowest BCUT2D eigenvalue weighted by molar-refractivity contribution is -0.131. The Hall–Kier alpha value is -2.08. The van der Waals surface area contributed by atoms with E-state index in [0.29, 0.717) is 28.7 Å². The third kappa shape index (κ3) is 2.81. The molecule has 1 spiro atoms. The van der Waals surface area contributed by atoms with Gasteiger partial charge >= 0.3 is 0 Å². The van der Waals surface area contributed by atoms with Crippen molar-refractivity contribution in [3.05, 3.63) is 29.1 Å². The van der Waals surface area contributed by atoms with Crippen molar-refractivity contribution < 1.29 is 14.0 Å². The molecular weight excluding hydrogens is 378 g/mol. The maximum absolute atomic E-state index is 12.2. The molecule has 1 aromatic heterocycles. The molecule has 2 atom stereocenters. The van der Waals surface area contributed by atoms with Crippen molar-refractivity contribution in [1.29, 1.82) is 0 Å². The van der Waals surface area contributed by atoms with Gasteiger partial charge in [0.1, 0.15) is 5.52 Å². The van der Waals surface area contributed by atoms with E-state index in [9.17, 15) is 9.59 Å². The molecule has 1 aromatic carbocycles. The number of hydrogen-bond donors (Lipinski definition) is 1. The number of benzene rings is 1. The van der Waals surface area contributed by atoms with Gasteiger partial charge in [-0.3, -0.25) is 9.59 Å². The van der Waals surface area contributed by atoms with Crippen LogP contribution >= 0.6 is 11.6 Å². The molecular formula is C21H24ClN3O3. The molecule has 2 aliphatic carbocycles. The van der Waals surface area contributed by atoms with Crippen LogP contribution in [-0.4, -0.2) is 40.8 Å². The number of rotatable bonds is 3. The summed E-state index contributed by atoms with van der Waals surface area (Å²) in [4.78, 5) is 30.1. The first kappa shape index (κ1) is 18.0. The van der Waals surface area contributed by atoms with Crippen molar-refractivity contribution in [3.63, 3.8) is 0 Å². The van der Waals surface area contributed by atoms with Crippen LogP contribution in [0.2, 0.25) is 5.02 Å². The highest BCUT2D eigenvalue weighted by Gasteiger charge is 2.58. The number of aromatic nitrogens is 1. The second-order valence-corrected chi connectivity index (χ2v) is 9.38. The quantitative estimate of drug-likeness (QED) is 0.854. The van der Waals surface area contributed by atoms with Crippen molar-refractivity contribution in [2.75, 3.05) is 7.05 Å². The lowest BCUT2D eigenvalue weighted by Crippen LogP contribution is -2.57. The standard InChI is InChI=1S/C21H24ClN3O3/c1-11(26)23-16-6-18(27)25(2)19(16)12-7-21(8-12)9-13(10-21)20-24-15-5-14(22)3-4-17(15)28-20/h3-5,12-13,16,19H,6-10H2,1-2H3,(H,23,26). The molecule has 1 saturated heterocycles. The SMILES string of the molecule is CC(=O)NC1CC(=O)N(C)C1C1CC2(CC(c3nc4cc(Cl)ccc4o3)C2)C1. The van der Waals surface area contributed by atoms with Gasteiger partial charge in [0.05, 0.1) is 12.1 Å². The van der Waals surface area contributed by atoms with Crippen molar-refractivity contribution in [1.82, 2.24) is 15.2 Å². The summed E-state index contributed by atoms with van der Waals surface area (Å²) in [7, 11) is 1.87. The van der Waals surface area contributed by atoms with Crippen LogP contribution in [-0.2, 0) is 9.59 Å². The Bertz CT molecular complexity index is 955. The molecule has 1 N–H and O–H groups in total. The molecule has 2 heterocycles. The molecule has 2 unspecified atom stereocenters. The maximum atomic E-state index is 12.2. The minimum Gasteiger partial charge on any atom is -0.440 e. The van der Waals surface area contributed by atoms with Crippen LogP contribution in [0.15, 0.2) is 22.6 Å². The number of nitrogens with zero attached hydrogens (tertiary/aromatic N) is 2. The highest BCUT2D eigenvalue weighted by molar-refractivity contribution is 6.31. The van der Waals surface area contributed by atoms with Crippen LogP contribution in [0.25, 0.3) is 11.1 Å². The van der Waals surface area contributed by atoms with Gasteiger partial charge in [-0.1, -0.05) is 11.6 Å². The number of halogens is 1. The number of oxazole rings is 1. The van der Waals surface area contributed by atoms with E-state index in [4.69, 9.17) is 16.0 Å². The second kappa shape index (κ2) is 6.21. The van der Waals surface area contributed by atoms with E-state index in [0.717, 1.165) is 42.7 Å². The zero-order valence-corrected chi connectivity index (χ0v) is 16.8. The molecule has 2 amide bonds. The molecule has 0 bridgehead atoms. The Morgan fingerprint density at radius 1 is 1.32 bits per heavy atom. The van der Waals surface area contributed by atoms with Crippen LogP contribution < -0.4 is 5.32 Å². The summed E-state index contributed by atoms with van der Waals surface area (Å²) in [5.74, 6) is 1.70. The van der Waals surface area contributed by atoms with Crippen molar-refractivity contribution in [2.45, 2.75) is 57.0 Å². The summed E-state index contributed by atoms with van der Waals surface area (Å²) in [6.07, 6.45) is 4.79. The minimum absolute atomic E-state index is 0.0602. The van der Waals surface area contributed by atoms with Gasteiger partial charge in [-0.2, -0.15) is 0 Å². The number of amides is 2. The summed E-state index contributed by atoms with van der Waals surface area (Å²) >= 11 is 6.04. The predicted molar refractivity (Wildman–Crippen MR) is 105 cm³/mol. The summed E-state index contributed by atoms with van der Waals surface area (Å²) in [6, 6.07) is 5.59. The van der Waals surface area contributed by atoms with E-state index in [-0.39, 0.29) is 23.9 Å². The summed E-state index contributed by atoms with van der Waals surface area (Å²) in [5.41, 5.74) is 1.95. The van der Waals surface area contributed by atoms with Crippen LogP contribution in [0, 0.1) is 11.3 Å². The van der Waals surface area contributed by atoms with Gasteiger partial charge in [0.25, 0.3) is 0 Å². The Kier molecular flexibility index (Phi) is 3.99. The van der Waals surface area contributed by atoms with E-state index < -0.39 is 0 Å². The fourth-order valence-corrected chi connectivity index (χ4v) is 5.98. The first-order chi connectivity index (χ1) is 13.3. The summed E-state index contributed by atoms with van der Waals surface area (Å²) < 4.78 is 5.94. The van der Waals surface area contributed by atoms with Crippen LogP contribution in [0.3, 0.4) is 0 Å². The molecule has 28 heavy (non-hydrogen) atoms. The van der Waals surface area contributed by atoms with Crippen LogP contribution in [0.4, 0.5) is 0 Å². The smallest absolute Gasteiger partial charge is 0.224 e. The average molecular weight is 402 g/mol. The van der Waals surface area contributed by atoms with Gasteiger partial charge in [0, 0.05) is 31.3 Å². The highest BCUT2D eigenvalue weighted by Crippen LogP contribution is 2.65. The number of carbonyl (C=O) groups is 2. The van der Waals surface area contributed by atoms with Crippen molar-refractivity contribution in [3.8, 4) is 0 Å². The number of nitrogens with one attached hydrogen (secondary N) is 1. The molecule has 5 rings (SSSR count). The van der Waals surface area contributed by atoms with Crippen LogP contribution in [0.1, 0.15) is 50.8 Å². The number of likely N-dealkylation sites (N-methyl/N-ethyl adjacent to an activating group) is 1. The molecule has 0 radical (unpaired) electrons. The monoisotopic (exact) mass is 401 g/mol. The van der Waals surface area contributed by atoms with Crippen molar-refractivity contribution >= 4 is 34.5 Å². The number of carbonyl (C=O) groups excluding carboxylic acids is 2. The Morgan fingerprint density at radius 2 is 2.07 bits per heavy atom. The topological polar surface area (TPSA) is 75.4 Å². The first-order valence-corrected chi connectivity index (χ1v) is 10.3. The molecule has 6 nitrogen and oxygen atoms in total. The molecule has 148 valence electrons. The first-order valence-electron chi connectivity index (χ1n) is 9.92. The van der Waals surface area contributed by atoms with Crippen molar-refractivity contribution in [2.24, 2.45) is 11.3 Å². The molecule has 1 aliphatic heterocycles. The van der Waals surface area contributed by atoms with Gasteiger partial charge in [-0.05, 0) is 55.2 Å². The number of fused-ring (bicyclic) bond motifs is 1. The third-order valence-corrected chi connectivity index (χ3v) is 7.22. The van der Waals surface area contributed by atoms with E-state index in [1.807, 2.05) is 30.1 Å². The second-order valence-electron chi connectivity index (χ2n) is 8.94. The lowest BCUT2D eigenvalue weighted by atomic mass is 9.46. The van der Waals surface area contributed by atoms with E-state index in [1.54, 1.807) is 0 Å². The van der Waals surface area contributed by atoms with Gasteiger partial charge in [0.2, 0.25) is 11.8 Å². The molecule has 3 aliphatic rings. The zero-order valence-electron chi connectivity index (χ0n) is 16.1. The summed E-state index contributed by atoms with van der Waals surface area (Å²) in [6.45, 7) is 1.52. The number of likely N-dealkylation sites (tertiary alicyclic amines) is 1. The Morgan fingerprint density at radius 3 is 2.79 bits per heavy atom. The average Bonchev–Trinajstić information content (AvgIpc) is 3.07. The molecule has 2 aromatic rings. The largest absolute Gasteiger partial charge is 0.440 e.